The normalized spacial score (nSPS) is 12.4. The number of aromatic amines is 1. The molecule has 1 N–H and O–H groups in total. The Morgan fingerprint density at radius 3 is 2.64 bits per heavy atom. The number of hydrogen-bond donors (Lipinski definition) is 1. The fraction of sp³-hybridized carbons (Fsp3) is 0.182. The van der Waals surface area contributed by atoms with Gasteiger partial charge in [-0.3, -0.25) is 5.10 Å². The summed E-state index contributed by atoms with van der Waals surface area (Å²) in [5, 5.41) is 6.76. The van der Waals surface area contributed by atoms with Gasteiger partial charge in [0.05, 0.1) is 5.69 Å². The Morgan fingerprint density at radius 2 is 2.00 bits per heavy atom. The van der Waals surface area contributed by atoms with Crippen molar-refractivity contribution in [2.24, 2.45) is 0 Å². The third-order valence-electron chi connectivity index (χ3n) is 2.02. The molecule has 0 aliphatic carbocycles. The quantitative estimate of drug-likeness (QED) is 0.803. The molecule has 0 spiro atoms. The number of ether oxygens (including phenoxy) is 1. The Morgan fingerprint density at radius 1 is 1.21 bits per heavy atom. The summed E-state index contributed by atoms with van der Waals surface area (Å²) in [5.74, 6) is 0.870. The van der Waals surface area contributed by atoms with Crippen molar-refractivity contribution in [1.29, 1.82) is 0 Å². The molecular weight excluding hydrogens is 176 g/mol. The van der Waals surface area contributed by atoms with Crippen LogP contribution in [-0.2, 0) is 0 Å². The smallest absolute Gasteiger partial charge is 0.137 e. The zero-order chi connectivity index (χ0) is 9.80. The highest BCUT2D eigenvalue weighted by Crippen LogP contribution is 2.18. The van der Waals surface area contributed by atoms with E-state index in [1.54, 1.807) is 6.20 Å². The molecule has 0 saturated carbocycles. The minimum Gasteiger partial charge on any atom is -0.484 e. The molecule has 1 aromatic heterocycles. The highest BCUT2D eigenvalue weighted by molar-refractivity contribution is 5.22. The van der Waals surface area contributed by atoms with Crippen molar-refractivity contribution in [3.05, 3.63) is 48.3 Å². The molecule has 0 bridgehead atoms. The van der Waals surface area contributed by atoms with Crippen molar-refractivity contribution in [2.75, 3.05) is 0 Å². The molecule has 1 heterocycles. The summed E-state index contributed by atoms with van der Waals surface area (Å²) in [6.07, 6.45) is 1.72. The zero-order valence-electron chi connectivity index (χ0n) is 7.97. The van der Waals surface area contributed by atoms with Crippen LogP contribution in [0.2, 0.25) is 0 Å². The number of benzene rings is 1. The van der Waals surface area contributed by atoms with Crippen molar-refractivity contribution in [3.63, 3.8) is 0 Å². The van der Waals surface area contributed by atoms with Gasteiger partial charge in [0.15, 0.2) is 0 Å². The second-order valence-electron chi connectivity index (χ2n) is 3.09. The Hall–Kier alpha value is -1.77. The first kappa shape index (κ1) is 8.81. The van der Waals surface area contributed by atoms with Gasteiger partial charge < -0.3 is 4.74 Å². The maximum atomic E-state index is 5.69. The number of H-pyrrole nitrogens is 1. The molecule has 3 heteroatoms. The van der Waals surface area contributed by atoms with Gasteiger partial charge in [0.25, 0.3) is 0 Å². The predicted octanol–water partition coefficient (Wildman–Crippen LogP) is 2.55. The van der Waals surface area contributed by atoms with Crippen LogP contribution in [0.4, 0.5) is 0 Å². The molecule has 1 atom stereocenters. The first-order valence-corrected chi connectivity index (χ1v) is 4.57. The fourth-order valence-electron chi connectivity index (χ4n) is 1.26. The minimum atomic E-state index is -0.0000926. The summed E-state index contributed by atoms with van der Waals surface area (Å²) in [6.45, 7) is 1.99. The van der Waals surface area contributed by atoms with Gasteiger partial charge >= 0.3 is 0 Å². The molecule has 0 fully saturated rings. The van der Waals surface area contributed by atoms with Crippen LogP contribution in [0.5, 0.6) is 5.75 Å². The summed E-state index contributed by atoms with van der Waals surface area (Å²) < 4.78 is 5.69. The summed E-state index contributed by atoms with van der Waals surface area (Å²) in [5.41, 5.74) is 0.980. The number of nitrogens with zero attached hydrogens (tertiary/aromatic N) is 1. The van der Waals surface area contributed by atoms with Crippen LogP contribution in [0.3, 0.4) is 0 Å². The molecule has 0 aliphatic heterocycles. The van der Waals surface area contributed by atoms with Crippen LogP contribution in [0.25, 0.3) is 0 Å². The van der Waals surface area contributed by atoms with E-state index in [1.807, 2.05) is 43.3 Å². The van der Waals surface area contributed by atoms with Crippen molar-refractivity contribution >= 4 is 0 Å². The van der Waals surface area contributed by atoms with Crippen LogP contribution in [0.1, 0.15) is 18.7 Å². The SMILES string of the molecule is C[C@H](Oc1ccccc1)c1ccn[nH]1. The summed E-state index contributed by atoms with van der Waals surface area (Å²) in [4.78, 5) is 0. The third-order valence-corrected chi connectivity index (χ3v) is 2.02. The molecule has 0 amide bonds. The van der Waals surface area contributed by atoms with Gasteiger partial charge in [-0.2, -0.15) is 5.10 Å². The lowest BCUT2D eigenvalue weighted by Crippen LogP contribution is -2.03. The zero-order valence-corrected chi connectivity index (χ0v) is 7.97. The van der Waals surface area contributed by atoms with Crippen molar-refractivity contribution in [1.82, 2.24) is 10.2 Å². The first-order chi connectivity index (χ1) is 6.86. The van der Waals surface area contributed by atoms with E-state index >= 15 is 0 Å². The van der Waals surface area contributed by atoms with E-state index < -0.39 is 0 Å². The van der Waals surface area contributed by atoms with Crippen LogP contribution in [0, 0.1) is 0 Å². The molecule has 72 valence electrons. The fourth-order valence-corrected chi connectivity index (χ4v) is 1.26. The Labute approximate surface area is 82.7 Å². The average Bonchev–Trinajstić information content (AvgIpc) is 2.72. The maximum absolute atomic E-state index is 5.69. The molecule has 0 aliphatic rings. The van der Waals surface area contributed by atoms with Crippen LogP contribution >= 0.6 is 0 Å². The lowest BCUT2D eigenvalue weighted by atomic mass is 10.3. The van der Waals surface area contributed by atoms with E-state index in [1.165, 1.54) is 0 Å². The molecule has 2 rings (SSSR count). The third kappa shape index (κ3) is 1.93. The van der Waals surface area contributed by atoms with Gasteiger partial charge in [-0.25, -0.2) is 0 Å². The van der Waals surface area contributed by atoms with Crippen molar-refractivity contribution < 1.29 is 4.74 Å². The average molecular weight is 188 g/mol. The lowest BCUT2D eigenvalue weighted by molar-refractivity contribution is 0.222. The van der Waals surface area contributed by atoms with Gasteiger partial charge in [-0.1, -0.05) is 18.2 Å². The monoisotopic (exact) mass is 188 g/mol. The summed E-state index contributed by atoms with van der Waals surface area (Å²) in [6, 6.07) is 11.7. The molecular formula is C11H12N2O. The van der Waals surface area contributed by atoms with E-state index in [0.29, 0.717) is 0 Å². The van der Waals surface area contributed by atoms with Crippen molar-refractivity contribution in [2.45, 2.75) is 13.0 Å². The molecule has 1 aromatic carbocycles. The molecule has 3 nitrogen and oxygen atoms in total. The predicted molar refractivity (Wildman–Crippen MR) is 54.1 cm³/mol. The van der Waals surface area contributed by atoms with E-state index in [2.05, 4.69) is 10.2 Å². The molecule has 0 unspecified atom stereocenters. The van der Waals surface area contributed by atoms with Crippen LogP contribution in [0.15, 0.2) is 42.6 Å². The van der Waals surface area contributed by atoms with E-state index in [0.717, 1.165) is 11.4 Å². The maximum Gasteiger partial charge on any atom is 0.137 e. The number of para-hydroxylation sites is 1. The lowest BCUT2D eigenvalue weighted by Gasteiger charge is -2.12. The topological polar surface area (TPSA) is 37.9 Å². The highest BCUT2D eigenvalue weighted by Gasteiger charge is 2.07. The first-order valence-electron chi connectivity index (χ1n) is 4.57. The summed E-state index contributed by atoms with van der Waals surface area (Å²) in [7, 11) is 0. The minimum absolute atomic E-state index is 0.0000926. The summed E-state index contributed by atoms with van der Waals surface area (Å²) >= 11 is 0. The van der Waals surface area contributed by atoms with Gasteiger partial charge in [0.1, 0.15) is 11.9 Å². The van der Waals surface area contributed by atoms with Gasteiger partial charge in [0.2, 0.25) is 0 Å². The molecule has 2 aromatic rings. The van der Waals surface area contributed by atoms with Crippen LogP contribution in [-0.4, -0.2) is 10.2 Å². The van der Waals surface area contributed by atoms with E-state index in [4.69, 9.17) is 4.74 Å². The van der Waals surface area contributed by atoms with Gasteiger partial charge in [-0.05, 0) is 25.1 Å². The van der Waals surface area contributed by atoms with E-state index in [-0.39, 0.29) is 6.10 Å². The number of rotatable bonds is 3. The molecule has 14 heavy (non-hydrogen) atoms. The van der Waals surface area contributed by atoms with Crippen LogP contribution < -0.4 is 4.74 Å². The van der Waals surface area contributed by atoms with E-state index in [9.17, 15) is 0 Å². The van der Waals surface area contributed by atoms with Gasteiger partial charge in [0, 0.05) is 6.20 Å². The number of hydrogen-bond acceptors (Lipinski definition) is 2. The second kappa shape index (κ2) is 3.96. The number of nitrogens with one attached hydrogen (secondary N) is 1. The number of aromatic nitrogens is 2. The molecule has 0 radical (unpaired) electrons. The highest BCUT2D eigenvalue weighted by atomic mass is 16.5. The second-order valence-corrected chi connectivity index (χ2v) is 3.09. The van der Waals surface area contributed by atoms with Crippen molar-refractivity contribution in [3.8, 4) is 5.75 Å². The Bertz CT molecular complexity index is 369. The Kier molecular flexibility index (Phi) is 2.49. The molecule has 0 saturated heterocycles. The largest absolute Gasteiger partial charge is 0.484 e. The van der Waals surface area contributed by atoms with Gasteiger partial charge in [-0.15, -0.1) is 0 Å². The Balaban J connectivity index is 2.06. The standard InChI is InChI=1S/C11H12N2O/c1-9(11-7-8-12-13-11)14-10-5-3-2-4-6-10/h2-9H,1H3,(H,12,13)/t9-/m0/s1.